The second kappa shape index (κ2) is 11.3. The number of halogens is 1. The fourth-order valence-electron chi connectivity index (χ4n) is 2.04. The fourth-order valence-corrected chi connectivity index (χ4v) is 3.97. The Hall–Kier alpha value is -0.270. The Kier molecular flexibility index (Phi) is 10.2. The number of hydrogen-bond acceptors (Lipinski definition) is 4. The Morgan fingerprint density at radius 3 is 2.45 bits per heavy atom. The van der Waals surface area contributed by atoms with Gasteiger partial charge in [0.15, 0.2) is 0 Å². The second-order valence-corrected chi connectivity index (χ2v) is 8.32. The van der Waals surface area contributed by atoms with Crippen LogP contribution in [0.25, 0.3) is 0 Å². The lowest BCUT2D eigenvalue weighted by molar-refractivity contribution is 0.437. The molecule has 0 N–H and O–H groups in total. The van der Waals surface area contributed by atoms with Crippen molar-refractivity contribution in [3.63, 3.8) is 0 Å². The average Bonchev–Trinajstić information content (AvgIpc) is 3.00. The normalized spacial score (nSPS) is 17.5. The summed E-state index contributed by atoms with van der Waals surface area (Å²) in [5.41, 5.74) is -0.0417. The highest BCUT2D eigenvalue weighted by Crippen LogP contribution is 2.13. The number of rotatable bonds is 7. The zero-order chi connectivity index (χ0) is 16.4. The molecule has 126 valence electrons. The van der Waals surface area contributed by atoms with Gasteiger partial charge in [-0.2, -0.15) is 0 Å². The largest absolute Gasteiger partial charge is 0.593 e. The van der Waals surface area contributed by atoms with E-state index in [1.54, 1.807) is 12.5 Å². The number of nitrogens with zero attached hydrogens (tertiary/aromatic N) is 2. The quantitative estimate of drug-likeness (QED) is 0.543. The Bertz CT molecular complexity index is 502. The summed E-state index contributed by atoms with van der Waals surface area (Å²) in [4.78, 5) is 10.5. The molecule has 1 aromatic heterocycles. The first-order valence-corrected chi connectivity index (χ1v) is 10.0. The van der Waals surface area contributed by atoms with Crippen LogP contribution in [0, 0.1) is 0 Å². The van der Waals surface area contributed by atoms with Gasteiger partial charge >= 0.3 is 0 Å². The molecule has 1 aliphatic rings. The maximum absolute atomic E-state index is 11.3. The summed E-state index contributed by atoms with van der Waals surface area (Å²) in [6, 6.07) is 1.40. The molecule has 2 heterocycles. The maximum atomic E-state index is 11.3. The van der Waals surface area contributed by atoms with E-state index < -0.39 is 11.4 Å². The van der Waals surface area contributed by atoms with E-state index in [0.717, 1.165) is 13.1 Å². The number of aryl methyl sites for hydroxylation is 1. The molecule has 1 atom stereocenters. The Labute approximate surface area is 145 Å². The average molecular weight is 365 g/mol. The second-order valence-electron chi connectivity index (χ2n) is 5.18. The van der Waals surface area contributed by atoms with Crippen molar-refractivity contribution < 1.29 is 4.55 Å². The van der Waals surface area contributed by atoms with Gasteiger partial charge in [-0.1, -0.05) is 50.6 Å². The van der Waals surface area contributed by atoms with Crippen LogP contribution in [0.4, 0.5) is 0 Å². The number of aromatic nitrogens is 1. The van der Waals surface area contributed by atoms with E-state index >= 15 is 0 Å². The van der Waals surface area contributed by atoms with Crippen molar-refractivity contribution in [3.8, 4) is 0 Å². The van der Waals surface area contributed by atoms with Gasteiger partial charge in [-0.15, -0.1) is 4.31 Å². The minimum atomic E-state index is -0.817. The van der Waals surface area contributed by atoms with Gasteiger partial charge in [0.2, 0.25) is 0 Å². The molecule has 1 unspecified atom stereocenters. The minimum absolute atomic E-state index is 0.0417. The lowest BCUT2D eigenvalue weighted by Crippen LogP contribution is -2.26. The van der Waals surface area contributed by atoms with Crippen molar-refractivity contribution in [2.45, 2.75) is 45.4 Å². The first-order valence-electron chi connectivity index (χ1n) is 7.69. The van der Waals surface area contributed by atoms with Crippen molar-refractivity contribution in [2.75, 3.05) is 13.1 Å². The zero-order valence-corrected chi connectivity index (χ0v) is 15.7. The molecule has 0 aromatic carbocycles. The van der Waals surface area contributed by atoms with Crippen LogP contribution in [0.1, 0.15) is 45.4 Å². The minimum Gasteiger partial charge on any atom is -0.593 e. The zero-order valence-electron chi connectivity index (χ0n) is 13.3. The van der Waals surface area contributed by atoms with Crippen LogP contribution in [-0.4, -0.2) is 25.9 Å². The van der Waals surface area contributed by atoms with Crippen molar-refractivity contribution in [1.82, 2.24) is 8.26 Å². The van der Waals surface area contributed by atoms with Crippen LogP contribution in [0.2, 0.25) is 4.34 Å². The van der Waals surface area contributed by atoms with E-state index in [1.165, 1.54) is 60.1 Å². The molecule has 0 radical (unpaired) electrons. The standard InChI is InChI=1S/C11H21NOS.C4H4ClNOS/c1-2-3-4-5-6-7-9-12-10-8-11-14(12)13;1-6-4(7)2-3(5)8-6/h8,11H,2-7,9-10H2,1H3;2H,1H3. The predicted octanol–water partition coefficient (Wildman–Crippen LogP) is 3.94. The molecule has 22 heavy (non-hydrogen) atoms. The van der Waals surface area contributed by atoms with Crippen molar-refractivity contribution in [3.05, 3.63) is 32.2 Å². The van der Waals surface area contributed by atoms with Crippen LogP contribution >= 0.6 is 23.1 Å². The summed E-state index contributed by atoms with van der Waals surface area (Å²) in [5, 5.41) is 1.79. The third-order valence-corrected chi connectivity index (χ3v) is 5.64. The molecule has 2 rings (SSSR count). The van der Waals surface area contributed by atoms with Crippen LogP contribution in [0.15, 0.2) is 22.3 Å². The summed E-state index contributed by atoms with van der Waals surface area (Å²) in [6.07, 6.45) is 9.83. The predicted molar refractivity (Wildman–Crippen MR) is 96.8 cm³/mol. The van der Waals surface area contributed by atoms with E-state index in [-0.39, 0.29) is 5.56 Å². The van der Waals surface area contributed by atoms with Gasteiger partial charge in [0, 0.05) is 19.7 Å². The molecule has 1 aliphatic heterocycles. The summed E-state index contributed by atoms with van der Waals surface area (Å²) in [6.45, 7) is 4.10. The molecule has 0 bridgehead atoms. The van der Waals surface area contributed by atoms with Gasteiger partial charge in [-0.25, -0.2) is 0 Å². The third-order valence-electron chi connectivity index (χ3n) is 3.31. The van der Waals surface area contributed by atoms with Crippen molar-refractivity contribution in [2.24, 2.45) is 7.05 Å². The van der Waals surface area contributed by atoms with Gasteiger partial charge in [0.1, 0.15) is 9.74 Å². The smallest absolute Gasteiger partial charge is 0.261 e. The van der Waals surface area contributed by atoms with Gasteiger partial charge in [0.25, 0.3) is 5.56 Å². The molecular formula is C15H25ClN2O2S2. The van der Waals surface area contributed by atoms with E-state index in [2.05, 4.69) is 6.92 Å². The molecule has 1 aromatic rings. The molecule has 4 nitrogen and oxygen atoms in total. The Morgan fingerprint density at radius 2 is 2.00 bits per heavy atom. The van der Waals surface area contributed by atoms with Gasteiger partial charge in [-0.3, -0.25) is 8.75 Å². The molecule has 7 heteroatoms. The van der Waals surface area contributed by atoms with Gasteiger partial charge in [-0.05, 0) is 24.0 Å². The number of unbranched alkanes of at least 4 members (excludes halogenated alkanes) is 5. The topological polar surface area (TPSA) is 48.3 Å². The molecule has 0 aliphatic carbocycles. The summed E-state index contributed by atoms with van der Waals surface area (Å²) in [7, 11) is 1.68. The summed E-state index contributed by atoms with van der Waals surface area (Å²) >= 11 is 5.89. The van der Waals surface area contributed by atoms with Gasteiger partial charge < -0.3 is 4.55 Å². The fraction of sp³-hybridized carbons (Fsp3) is 0.667. The SMILES string of the molecule is CCCCCCCCN1CC=C[S+]1[O-].Cn1sc(Cl)cc1=O. The molecule has 0 spiro atoms. The molecule has 0 saturated heterocycles. The first kappa shape index (κ1) is 19.8. The van der Waals surface area contributed by atoms with Crippen LogP contribution in [-0.2, 0) is 18.4 Å². The van der Waals surface area contributed by atoms with E-state index in [4.69, 9.17) is 11.6 Å². The molecule has 0 saturated carbocycles. The first-order chi connectivity index (χ1) is 10.5. The summed E-state index contributed by atoms with van der Waals surface area (Å²) < 4.78 is 15.3. The molecule has 0 amide bonds. The van der Waals surface area contributed by atoms with Crippen LogP contribution in [0.5, 0.6) is 0 Å². The highest BCUT2D eigenvalue weighted by Gasteiger charge is 2.20. The highest BCUT2D eigenvalue weighted by molar-refractivity contribution is 7.92. The highest BCUT2D eigenvalue weighted by atomic mass is 35.5. The summed E-state index contributed by atoms with van der Waals surface area (Å²) in [5.74, 6) is 0. The lowest BCUT2D eigenvalue weighted by Gasteiger charge is -2.15. The third kappa shape index (κ3) is 7.83. The van der Waals surface area contributed by atoms with Crippen LogP contribution in [0.3, 0.4) is 0 Å². The Balaban J connectivity index is 0.000000255. The van der Waals surface area contributed by atoms with E-state index in [0.29, 0.717) is 4.34 Å². The monoisotopic (exact) mass is 364 g/mol. The number of hydrogen-bond donors (Lipinski definition) is 0. The molecule has 0 fully saturated rings. The van der Waals surface area contributed by atoms with Gasteiger partial charge in [0.05, 0.1) is 17.9 Å². The molecular weight excluding hydrogens is 340 g/mol. The van der Waals surface area contributed by atoms with Crippen molar-refractivity contribution in [1.29, 1.82) is 0 Å². The van der Waals surface area contributed by atoms with E-state index in [1.807, 2.05) is 10.4 Å². The van der Waals surface area contributed by atoms with Crippen LogP contribution < -0.4 is 5.56 Å². The van der Waals surface area contributed by atoms with E-state index in [9.17, 15) is 9.35 Å². The maximum Gasteiger partial charge on any atom is 0.261 e. The lowest BCUT2D eigenvalue weighted by atomic mass is 10.1. The van der Waals surface area contributed by atoms with Crippen molar-refractivity contribution >= 4 is 34.5 Å². The Morgan fingerprint density at radius 1 is 1.32 bits per heavy atom.